The van der Waals surface area contributed by atoms with E-state index in [1.54, 1.807) is 22.2 Å². The molecule has 4 heterocycles. The summed E-state index contributed by atoms with van der Waals surface area (Å²) in [4.78, 5) is 11.7. The number of thiophene rings is 1. The highest BCUT2D eigenvalue weighted by Crippen LogP contribution is 2.43. The molecule has 0 N–H and O–H groups in total. The van der Waals surface area contributed by atoms with E-state index in [2.05, 4.69) is 22.1 Å². The van der Waals surface area contributed by atoms with E-state index in [9.17, 15) is 13.2 Å². The summed E-state index contributed by atoms with van der Waals surface area (Å²) in [5.41, 5.74) is 1.80. The summed E-state index contributed by atoms with van der Waals surface area (Å²) in [6.45, 7) is 4.08. The zero-order valence-electron chi connectivity index (χ0n) is 17.1. The molecule has 4 aromatic heterocycles. The minimum Gasteiger partial charge on any atom is -0.258 e. The largest absolute Gasteiger partial charge is 0.435 e. The van der Waals surface area contributed by atoms with E-state index in [0.29, 0.717) is 17.4 Å². The molecule has 0 unspecified atom stereocenters. The average molecular weight is 447 g/mol. The van der Waals surface area contributed by atoms with Crippen molar-refractivity contribution in [3.8, 4) is 0 Å². The molecule has 162 valence electrons. The van der Waals surface area contributed by atoms with E-state index >= 15 is 0 Å². The van der Waals surface area contributed by atoms with Crippen molar-refractivity contribution in [3.05, 3.63) is 40.0 Å². The van der Waals surface area contributed by atoms with Crippen LogP contribution in [0.3, 0.4) is 0 Å². The summed E-state index contributed by atoms with van der Waals surface area (Å²) < 4.78 is 43.0. The number of nitrogens with zero attached hydrogens (tertiary/aromatic N) is 6. The second-order valence-electron chi connectivity index (χ2n) is 8.86. The number of rotatable bonds is 3. The molecule has 6 rings (SSSR count). The van der Waals surface area contributed by atoms with Gasteiger partial charge in [-0.15, -0.1) is 16.4 Å². The minimum absolute atomic E-state index is 0.127. The van der Waals surface area contributed by atoms with Crippen molar-refractivity contribution in [3.63, 3.8) is 0 Å². The molecule has 0 aliphatic heterocycles. The Labute approximate surface area is 180 Å². The van der Waals surface area contributed by atoms with Crippen LogP contribution in [0.25, 0.3) is 15.9 Å². The van der Waals surface area contributed by atoms with Crippen molar-refractivity contribution in [2.45, 2.75) is 64.1 Å². The first-order valence-corrected chi connectivity index (χ1v) is 11.4. The maximum absolute atomic E-state index is 13.3. The maximum Gasteiger partial charge on any atom is 0.435 e. The van der Waals surface area contributed by atoms with Gasteiger partial charge in [0.25, 0.3) is 0 Å². The molecule has 1 fully saturated rings. The summed E-state index contributed by atoms with van der Waals surface area (Å²) in [5, 5.41) is 9.53. The van der Waals surface area contributed by atoms with Gasteiger partial charge in [-0.3, -0.25) is 4.68 Å². The molecule has 4 aromatic rings. The van der Waals surface area contributed by atoms with E-state index in [0.717, 1.165) is 48.0 Å². The molecule has 2 atom stereocenters. The zero-order chi connectivity index (χ0) is 21.5. The highest BCUT2D eigenvalue weighted by Gasteiger charge is 2.39. The Bertz CT molecular complexity index is 1310. The molecule has 2 aliphatic rings. The van der Waals surface area contributed by atoms with Crippen molar-refractivity contribution in [1.82, 2.24) is 29.4 Å². The molecule has 0 bridgehead atoms. The molecule has 2 aliphatic carbocycles. The first kappa shape index (κ1) is 19.2. The van der Waals surface area contributed by atoms with Gasteiger partial charge in [-0.2, -0.15) is 18.3 Å². The first-order valence-electron chi connectivity index (χ1n) is 10.6. The lowest BCUT2D eigenvalue weighted by molar-refractivity contribution is -0.141. The second-order valence-corrected chi connectivity index (χ2v) is 9.95. The average Bonchev–Trinajstić information content (AvgIpc) is 3.16. The lowest BCUT2D eigenvalue weighted by Gasteiger charge is -2.17. The molecule has 0 amide bonds. The van der Waals surface area contributed by atoms with Crippen molar-refractivity contribution in [2.24, 2.45) is 5.92 Å². The highest BCUT2D eigenvalue weighted by molar-refractivity contribution is 7.19. The topological polar surface area (TPSA) is 60.9 Å². The predicted molar refractivity (Wildman–Crippen MR) is 110 cm³/mol. The van der Waals surface area contributed by atoms with Crippen molar-refractivity contribution in [2.75, 3.05) is 0 Å². The van der Waals surface area contributed by atoms with Crippen LogP contribution in [0.2, 0.25) is 0 Å². The Morgan fingerprint density at radius 1 is 1.19 bits per heavy atom. The Morgan fingerprint density at radius 3 is 2.74 bits per heavy atom. The molecule has 31 heavy (non-hydrogen) atoms. The Hall–Kier alpha value is -2.49. The second kappa shape index (κ2) is 6.51. The van der Waals surface area contributed by atoms with Crippen LogP contribution in [0.4, 0.5) is 13.2 Å². The molecular weight excluding hydrogens is 425 g/mol. The summed E-state index contributed by atoms with van der Waals surface area (Å²) in [7, 11) is 0. The molecule has 10 heteroatoms. The first-order chi connectivity index (χ1) is 14.8. The summed E-state index contributed by atoms with van der Waals surface area (Å²) in [6, 6.07) is 0.677. The monoisotopic (exact) mass is 446 g/mol. The molecule has 0 saturated heterocycles. The van der Waals surface area contributed by atoms with E-state index < -0.39 is 17.9 Å². The van der Waals surface area contributed by atoms with E-state index in [-0.39, 0.29) is 5.92 Å². The molecule has 6 nitrogen and oxygen atoms in total. The lowest BCUT2D eigenvalue weighted by Crippen LogP contribution is -2.15. The van der Waals surface area contributed by atoms with Crippen LogP contribution in [-0.4, -0.2) is 29.4 Å². The fourth-order valence-electron chi connectivity index (χ4n) is 4.58. The minimum atomic E-state index is -4.47. The van der Waals surface area contributed by atoms with E-state index in [1.165, 1.54) is 21.2 Å². The highest BCUT2D eigenvalue weighted by atomic mass is 32.1. The summed E-state index contributed by atoms with van der Waals surface area (Å²) in [6.07, 6.45) is 2.14. The Kier molecular flexibility index (Phi) is 4.03. The number of aromatic nitrogens is 6. The summed E-state index contributed by atoms with van der Waals surface area (Å²) >= 11 is 1.72. The van der Waals surface area contributed by atoms with Crippen LogP contribution in [-0.2, 0) is 19.0 Å². The fourth-order valence-corrected chi connectivity index (χ4v) is 5.93. The molecule has 0 spiro atoms. The van der Waals surface area contributed by atoms with Crippen LogP contribution in [0, 0.1) is 5.92 Å². The van der Waals surface area contributed by atoms with Crippen molar-refractivity contribution < 1.29 is 13.2 Å². The lowest BCUT2D eigenvalue weighted by atomic mass is 9.89. The van der Waals surface area contributed by atoms with Crippen molar-refractivity contribution in [1.29, 1.82) is 0 Å². The van der Waals surface area contributed by atoms with Gasteiger partial charge in [-0.05, 0) is 56.6 Å². The van der Waals surface area contributed by atoms with Crippen LogP contribution < -0.4 is 0 Å². The van der Waals surface area contributed by atoms with Crippen LogP contribution in [0.5, 0.6) is 0 Å². The van der Waals surface area contributed by atoms with E-state index in [1.807, 2.05) is 6.92 Å². The van der Waals surface area contributed by atoms with Gasteiger partial charge in [-0.1, -0.05) is 6.92 Å². The molecular formula is C21H21F3N6S. The van der Waals surface area contributed by atoms with Gasteiger partial charge < -0.3 is 0 Å². The van der Waals surface area contributed by atoms with Gasteiger partial charge in [0.15, 0.2) is 17.2 Å². The number of halogens is 3. The van der Waals surface area contributed by atoms with Gasteiger partial charge in [-0.25, -0.2) is 14.5 Å². The zero-order valence-corrected chi connectivity index (χ0v) is 18.0. The molecule has 0 radical (unpaired) electrons. The van der Waals surface area contributed by atoms with E-state index in [4.69, 9.17) is 4.98 Å². The molecule has 0 aromatic carbocycles. The third-order valence-corrected chi connectivity index (χ3v) is 7.60. The standard InChI is InChI=1S/C21H21F3N6S/c1-10-3-6-13-15(7-10)31-20-17(13)19-26-18(28-29(19)9-25-20)11(2)30-14(12-4-5-12)8-16(27-30)21(22,23)24/h8-12H,3-7H2,1-2H3/t10-,11+/m0/s1. The smallest absolute Gasteiger partial charge is 0.258 e. The maximum atomic E-state index is 13.3. The Morgan fingerprint density at radius 2 is 2.00 bits per heavy atom. The normalized spacial score (nSPS) is 20.5. The number of aryl methyl sites for hydroxylation is 1. The van der Waals surface area contributed by atoms with Crippen LogP contribution >= 0.6 is 11.3 Å². The number of hydrogen-bond acceptors (Lipinski definition) is 5. The molecule has 1 saturated carbocycles. The number of alkyl halides is 3. The van der Waals surface area contributed by atoms with Gasteiger partial charge in [0.05, 0.1) is 5.39 Å². The van der Waals surface area contributed by atoms with Crippen molar-refractivity contribution >= 4 is 27.2 Å². The van der Waals surface area contributed by atoms with Gasteiger partial charge in [0.1, 0.15) is 17.2 Å². The number of hydrogen-bond donors (Lipinski definition) is 0. The van der Waals surface area contributed by atoms with Crippen LogP contribution in [0.15, 0.2) is 12.4 Å². The van der Waals surface area contributed by atoms with Gasteiger partial charge in [0.2, 0.25) is 0 Å². The summed E-state index contributed by atoms with van der Waals surface area (Å²) in [5.74, 6) is 1.24. The predicted octanol–water partition coefficient (Wildman–Crippen LogP) is 5.17. The fraction of sp³-hybridized carbons (Fsp3) is 0.524. The van der Waals surface area contributed by atoms with Gasteiger partial charge in [0, 0.05) is 16.5 Å². The number of fused-ring (bicyclic) bond motifs is 5. The third kappa shape index (κ3) is 3.06. The SMILES string of the molecule is C[C@H]1CCc2c(sc3ncn4nc([C@@H](C)n5nc(C(F)(F)F)cc5C5CC5)nc4c23)C1. The van der Waals surface area contributed by atoms with Gasteiger partial charge >= 0.3 is 6.18 Å². The quantitative estimate of drug-likeness (QED) is 0.436. The third-order valence-electron chi connectivity index (χ3n) is 6.44. The van der Waals surface area contributed by atoms with Crippen LogP contribution in [0.1, 0.15) is 72.7 Å². The Balaban J connectivity index is 1.47.